The zero-order valence-electron chi connectivity index (χ0n) is 28.0. The average Bonchev–Trinajstić information content (AvgIpc) is 3.66. The molecule has 0 radical (unpaired) electrons. The molecule has 0 bridgehead atoms. The first-order valence-corrected chi connectivity index (χ1v) is 15.9. The van der Waals surface area contributed by atoms with Crippen LogP contribution in [0.1, 0.15) is 60.5 Å². The fourth-order valence-electron chi connectivity index (χ4n) is 5.67. The Morgan fingerprint density at radius 1 is 1.06 bits per heavy atom. The Hall–Kier alpha value is -4.58. The SMILES string of the molecule is CN[C@@H](C)C(=O)N[C@H](C(=O)N1C[C@@H](NC(=O)c2ccccc2)C[C@H]1CN(CCc1ccc(F)cc1)C(=O)c1cn(C)cn1)C(C)(C)C. The Bertz CT molecular complexity index is 1540. The van der Waals surface area contributed by atoms with Crippen LogP contribution in [0.25, 0.3) is 0 Å². The molecule has 1 fully saturated rings. The van der Waals surface area contributed by atoms with E-state index in [2.05, 4.69) is 20.9 Å². The molecular formula is C35H46FN7O4. The zero-order chi connectivity index (χ0) is 34.3. The lowest BCUT2D eigenvalue weighted by molar-refractivity contribution is -0.140. The predicted molar refractivity (Wildman–Crippen MR) is 177 cm³/mol. The van der Waals surface area contributed by atoms with Crippen molar-refractivity contribution >= 4 is 23.6 Å². The number of halogens is 1. The Balaban J connectivity index is 1.64. The summed E-state index contributed by atoms with van der Waals surface area (Å²) in [5, 5.41) is 8.92. The first-order chi connectivity index (χ1) is 22.3. The van der Waals surface area contributed by atoms with Crippen LogP contribution in [0.4, 0.5) is 4.39 Å². The quantitative estimate of drug-likeness (QED) is 0.278. The van der Waals surface area contributed by atoms with Gasteiger partial charge in [0.1, 0.15) is 17.6 Å². The lowest BCUT2D eigenvalue weighted by atomic mass is 9.85. The summed E-state index contributed by atoms with van der Waals surface area (Å²) in [6.07, 6.45) is 4.04. The van der Waals surface area contributed by atoms with Gasteiger partial charge in [-0.25, -0.2) is 9.37 Å². The molecular weight excluding hydrogens is 601 g/mol. The Kier molecular flexibility index (Phi) is 11.5. The number of nitrogens with zero attached hydrogens (tertiary/aromatic N) is 4. The van der Waals surface area contributed by atoms with Gasteiger partial charge in [0.25, 0.3) is 11.8 Å². The van der Waals surface area contributed by atoms with Crippen molar-refractivity contribution in [1.29, 1.82) is 0 Å². The normalized spacial score (nSPS) is 17.6. The third-order valence-corrected chi connectivity index (χ3v) is 8.52. The Morgan fingerprint density at radius 2 is 1.74 bits per heavy atom. The summed E-state index contributed by atoms with van der Waals surface area (Å²) in [6.45, 7) is 8.04. The van der Waals surface area contributed by atoms with E-state index in [4.69, 9.17) is 0 Å². The summed E-state index contributed by atoms with van der Waals surface area (Å²) in [5.74, 6) is -1.51. The predicted octanol–water partition coefficient (Wildman–Crippen LogP) is 2.78. The summed E-state index contributed by atoms with van der Waals surface area (Å²) >= 11 is 0. The minimum absolute atomic E-state index is 0.164. The fraction of sp³-hybridized carbons (Fsp3) is 0.457. The molecule has 1 aliphatic heterocycles. The second-order valence-corrected chi connectivity index (χ2v) is 13.3. The van der Waals surface area contributed by atoms with Gasteiger partial charge in [0, 0.05) is 44.5 Å². The number of likely N-dealkylation sites (N-methyl/N-ethyl adjacent to an activating group) is 1. The highest BCUT2D eigenvalue weighted by atomic mass is 19.1. The van der Waals surface area contributed by atoms with Gasteiger partial charge in [-0.2, -0.15) is 0 Å². The van der Waals surface area contributed by atoms with Gasteiger partial charge in [-0.05, 0) is 62.1 Å². The smallest absolute Gasteiger partial charge is 0.274 e. The van der Waals surface area contributed by atoms with E-state index in [-0.39, 0.29) is 48.2 Å². The molecule has 2 heterocycles. The molecule has 12 heteroatoms. The van der Waals surface area contributed by atoms with E-state index in [1.54, 1.807) is 84.3 Å². The first-order valence-electron chi connectivity index (χ1n) is 15.9. The Labute approximate surface area is 275 Å². The van der Waals surface area contributed by atoms with E-state index in [0.29, 0.717) is 24.9 Å². The number of hydrogen-bond acceptors (Lipinski definition) is 6. The highest BCUT2D eigenvalue weighted by molar-refractivity contribution is 5.95. The van der Waals surface area contributed by atoms with Crippen LogP contribution in [-0.2, 0) is 23.1 Å². The highest BCUT2D eigenvalue weighted by Crippen LogP contribution is 2.27. The lowest BCUT2D eigenvalue weighted by Gasteiger charge is -2.37. The molecule has 1 aromatic heterocycles. The minimum atomic E-state index is -0.865. The number of imidazole rings is 1. The maximum absolute atomic E-state index is 14.4. The van der Waals surface area contributed by atoms with Gasteiger partial charge in [-0.15, -0.1) is 0 Å². The van der Waals surface area contributed by atoms with Crippen molar-refractivity contribution < 1.29 is 23.6 Å². The Morgan fingerprint density at radius 3 is 2.34 bits per heavy atom. The molecule has 4 rings (SSSR count). The zero-order valence-corrected chi connectivity index (χ0v) is 28.0. The van der Waals surface area contributed by atoms with Crippen LogP contribution < -0.4 is 16.0 Å². The standard InChI is InChI=1S/C35H46FN7O4/c1-23(37-5)31(44)40-30(35(2,3)4)34(47)43-19-27(39-32(45)25-10-8-7-9-11-25)18-28(43)20-42(33(46)29-21-41(6)22-38-29)17-16-24-12-14-26(36)15-13-24/h7-15,21-23,27-28,30,37H,16-20H2,1-6H3,(H,39,45)(H,40,44)/t23-,27-,28-,30+/m0/s1. The summed E-state index contributed by atoms with van der Waals surface area (Å²) in [7, 11) is 3.45. The van der Waals surface area contributed by atoms with Crippen LogP contribution in [0.2, 0.25) is 0 Å². The molecule has 252 valence electrons. The number of aromatic nitrogens is 2. The van der Waals surface area contributed by atoms with Crippen molar-refractivity contribution in [2.24, 2.45) is 12.5 Å². The molecule has 11 nitrogen and oxygen atoms in total. The number of benzene rings is 2. The van der Waals surface area contributed by atoms with Gasteiger partial charge >= 0.3 is 0 Å². The van der Waals surface area contributed by atoms with Crippen molar-refractivity contribution in [3.63, 3.8) is 0 Å². The van der Waals surface area contributed by atoms with Crippen LogP contribution in [0.5, 0.6) is 0 Å². The molecule has 47 heavy (non-hydrogen) atoms. The van der Waals surface area contributed by atoms with E-state index >= 15 is 0 Å². The van der Waals surface area contributed by atoms with Gasteiger partial charge in [-0.1, -0.05) is 51.1 Å². The number of carbonyl (C=O) groups is 4. The maximum atomic E-state index is 14.4. The van der Waals surface area contributed by atoms with Crippen LogP contribution in [0.3, 0.4) is 0 Å². The molecule has 0 saturated carbocycles. The van der Waals surface area contributed by atoms with E-state index in [0.717, 1.165) is 5.56 Å². The van der Waals surface area contributed by atoms with Gasteiger partial charge in [0.05, 0.1) is 18.4 Å². The van der Waals surface area contributed by atoms with Crippen LogP contribution in [0.15, 0.2) is 67.1 Å². The highest BCUT2D eigenvalue weighted by Gasteiger charge is 2.44. The second-order valence-electron chi connectivity index (χ2n) is 13.3. The lowest BCUT2D eigenvalue weighted by Crippen LogP contribution is -2.59. The molecule has 4 atom stereocenters. The summed E-state index contributed by atoms with van der Waals surface area (Å²) in [6, 6.07) is 12.7. The first kappa shape index (κ1) is 35.3. The van der Waals surface area contributed by atoms with Gasteiger partial charge in [0.15, 0.2) is 0 Å². The van der Waals surface area contributed by atoms with E-state index < -0.39 is 29.6 Å². The molecule has 0 spiro atoms. The van der Waals surface area contributed by atoms with Crippen molar-refractivity contribution in [1.82, 2.24) is 35.3 Å². The summed E-state index contributed by atoms with van der Waals surface area (Å²) in [4.78, 5) is 62.0. The molecule has 3 aromatic rings. The number of carbonyl (C=O) groups excluding carboxylic acids is 4. The van der Waals surface area contributed by atoms with Gasteiger partial charge in [-0.3, -0.25) is 19.2 Å². The second kappa shape index (κ2) is 15.3. The van der Waals surface area contributed by atoms with E-state index in [9.17, 15) is 23.6 Å². The number of hydrogen-bond donors (Lipinski definition) is 3. The number of rotatable bonds is 12. The van der Waals surface area contributed by atoms with Crippen molar-refractivity contribution in [2.75, 3.05) is 26.7 Å². The fourth-order valence-corrected chi connectivity index (χ4v) is 5.67. The summed E-state index contributed by atoms with van der Waals surface area (Å²) in [5.41, 5.74) is 0.979. The molecule has 3 N–H and O–H groups in total. The number of likely N-dealkylation sites (tertiary alicyclic amines) is 1. The average molecular weight is 648 g/mol. The molecule has 4 amide bonds. The largest absolute Gasteiger partial charge is 0.347 e. The van der Waals surface area contributed by atoms with Gasteiger partial charge < -0.3 is 30.3 Å². The molecule has 2 aromatic carbocycles. The van der Waals surface area contributed by atoms with E-state index in [1.807, 2.05) is 26.8 Å². The number of nitrogens with one attached hydrogen (secondary N) is 3. The molecule has 1 saturated heterocycles. The third kappa shape index (κ3) is 9.25. The van der Waals surface area contributed by atoms with Crippen LogP contribution in [0, 0.1) is 11.2 Å². The van der Waals surface area contributed by atoms with Crippen LogP contribution in [-0.4, -0.2) is 93.8 Å². The molecule has 0 unspecified atom stereocenters. The van der Waals surface area contributed by atoms with Gasteiger partial charge in [0.2, 0.25) is 11.8 Å². The third-order valence-electron chi connectivity index (χ3n) is 8.52. The molecule has 1 aliphatic rings. The van der Waals surface area contributed by atoms with Crippen molar-refractivity contribution in [3.8, 4) is 0 Å². The summed E-state index contributed by atoms with van der Waals surface area (Å²) < 4.78 is 15.3. The monoisotopic (exact) mass is 647 g/mol. The number of amides is 4. The van der Waals surface area contributed by atoms with Crippen molar-refractivity contribution in [2.45, 2.75) is 64.7 Å². The van der Waals surface area contributed by atoms with E-state index in [1.165, 1.54) is 12.1 Å². The molecule has 0 aliphatic carbocycles. The van der Waals surface area contributed by atoms with Crippen molar-refractivity contribution in [3.05, 3.63) is 89.8 Å². The maximum Gasteiger partial charge on any atom is 0.274 e. The topological polar surface area (TPSA) is 129 Å². The number of aryl methyl sites for hydroxylation is 1. The van der Waals surface area contributed by atoms with Crippen LogP contribution >= 0.6 is 0 Å². The minimum Gasteiger partial charge on any atom is -0.347 e.